The predicted octanol–water partition coefficient (Wildman–Crippen LogP) is 2.73. The molecule has 0 unspecified atom stereocenters. The highest BCUT2D eigenvalue weighted by Gasteiger charge is 2.42. The Bertz CT molecular complexity index is 697. The Labute approximate surface area is 168 Å². The van der Waals surface area contributed by atoms with Crippen molar-refractivity contribution >= 4 is 11.8 Å². The van der Waals surface area contributed by atoms with Crippen molar-refractivity contribution in [2.75, 3.05) is 46.3 Å². The van der Waals surface area contributed by atoms with Gasteiger partial charge in [0.05, 0.1) is 0 Å². The van der Waals surface area contributed by atoms with Crippen LogP contribution >= 0.6 is 0 Å². The van der Waals surface area contributed by atoms with Gasteiger partial charge in [-0.25, -0.2) is 0 Å². The highest BCUT2D eigenvalue weighted by Crippen LogP contribution is 2.44. The SMILES string of the molecule is CN1C[C@H](c2ccccc2)CC2(CCN(C(=O)CCN3CCCC3=O)CC2)C1. The Morgan fingerprint density at radius 2 is 1.89 bits per heavy atom. The number of amides is 2. The Morgan fingerprint density at radius 1 is 1.14 bits per heavy atom. The lowest BCUT2D eigenvalue weighted by molar-refractivity contribution is -0.135. The van der Waals surface area contributed by atoms with Gasteiger partial charge in [-0.2, -0.15) is 0 Å². The molecule has 152 valence electrons. The number of hydrogen-bond acceptors (Lipinski definition) is 3. The van der Waals surface area contributed by atoms with Crippen LogP contribution in [-0.2, 0) is 9.59 Å². The maximum absolute atomic E-state index is 12.7. The molecule has 2 amide bonds. The lowest BCUT2D eigenvalue weighted by Gasteiger charge is -2.49. The molecule has 3 heterocycles. The Hall–Kier alpha value is -1.88. The van der Waals surface area contributed by atoms with E-state index in [1.54, 1.807) is 0 Å². The number of likely N-dealkylation sites (tertiary alicyclic amines) is 3. The fourth-order valence-electron chi connectivity index (χ4n) is 5.54. The second-order valence-corrected chi connectivity index (χ2v) is 9.12. The van der Waals surface area contributed by atoms with E-state index in [9.17, 15) is 9.59 Å². The number of carbonyl (C=O) groups is 2. The first-order chi connectivity index (χ1) is 13.5. The number of likely N-dealkylation sites (N-methyl/N-ethyl adjacent to an activating group) is 1. The van der Waals surface area contributed by atoms with Crippen LogP contribution in [0.4, 0.5) is 0 Å². The van der Waals surface area contributed by atoms with Gasteiger partial charge in [-0.3, -0.25) is 9.59 Å². The van der Waals surface area contributed by atoms with E-state index < -0.39 is 0 Å². The fourth-order valence-corrected chi connectivity index (χ4v) is 5.54. The van der Waals surface area contributed by atoms with Gasteiger partial charge in [-0.1, -0.05) is 30.3 Å². The van der Waals surface area contributed by atoms with Gasteiger partial charge in [0.2, 0.25) is 11.8 Å². The molecule has 0 N–H and O–H groups in total. The standard InChI is InChI=1S/C23H33N3O2/c1-24-17-20(19-6-3-2-4-7-19)16-23(18-24)10-14-26(15-11-23)22(28)9-13-25-12-5-8-21(25)27/h2-4,6-7,20H,5,8-18H2,1H3/t20-/m1/s1. The third-order valence-electron chi connectivity index (χ3n) is 7.03. The van der Waals surface area contributed by atoms with Crippen molar-refractivity contribution in [1.29, 1.82) is 0 Å². The molecular formula is C23H33N3O2. The monoisotopic (exact) mass is 383 g/mol. The van der Waals surface area contributed by atoms with Gasteiger partial charge in [-0.05, 0) is 49.6 Å². The van der Waals surface area contributed by atoms with Crippen LogP contribution in [0.15, 0.2) is 30.3 Å². The zero-order valence-electron chi connectivity index (χ0n) is 17.1. The van der Waals surface area contributed by atoms with Gasteiger partial charge in [0, 0.05) is 52.1 Å². The van der Waals surface area contributed by atoms with E-state index in [0.29, 0.717) is 30.7 Å². The summed E-state index contributed by atoms with van der Waals surface area (Å²) in [5.41, 5.74) is 1.78. The quantitative estimate of drug-likeness (QED) is 0.803. The molecule has 0 aromatic heterocycles. The zero-order chi connectivity index (χ0) is 19.6. The number of rotatable bonds is 4. The van der Waals surface area contributed by atoms with Crippen molar-refractivity contribution < 1.29 is 9.59 Å². The predicted molar refractivity (Wildman–Crippen MR) is 110 cm³/mol. The summed E-state index contributed by atoms with van der Waals surface area (Å²) in [7, 11) is 2.24. The fraction of sp³-hybridized carbons (Fsp3) is 0.652. The lowest BCUT2D eigenvalue weighted by Crippen LogP contribution is -2.51. The number of piperidine rings is 2. The van der Waals surface area contributed by atoms with Crippen LogP contribution in [0.25, 0.3) is 0 Å². The van der Waals surface area contributed by atoms with Gasteiger partial charge >= 0.3 is 0 Å². The average Bonchev–Trinajstić information content (AvgIpc) is 3.11. The molecule has 28 heavy (non-hydrogen) atoms. The first-order valence-corrected chi connectivity index (χ1v) is 10.8. The van der Waals surface area contributed by atoms with Crippen LogP contribution in [0.3, 0.4) is 0 Å². The zero-order valence-corrected chi connectivity index (χ0v) is 17.1. The summed E-state index contributed by atoms with van der Waals surface area (Å²) in [6.45, 7) is 5.41. The minimum Gasteiger partial charge on any atom is -0.343 e. The highest BCUT2D eigenvalue weighted by molar-refractivity contribution is 5.80. The number of hydrogen-bond donors (Lipinski definition) is 0. The van der Waals surface area contributed by atoms with E-state index in [1.807, 2.05) is 9.80 Å². The van der Waals surface area contributed by atoms with Crippen molar-refractivity contribution in [3.05, 3.63) is 35.9 Å². The first-order valence-electron chi connectivity index (χ1n) is 10.8. The van der Waals surface area contributed by atoms with Crippen molar-refractivity contribution in [1.82, 2.24) is 14.7 Å². The molecule has 3 aliphatic heterocycles. The molecule has 1 spiro atoms. The Morgan fingerprint density at radius 3 is 2.57 bits per heavy atom. The summed E-state index contributed by atoms with van der Waals surface area (Å²) >= 11 is 0. The summed E-state index contributed by atoms with van der Waals surface area (Å²) in [6.07, 6.45) is 5.48. The van der Waals surface area contributed by atoms with Crippen LogP contribution in [0.2, 0.25) is 0 Å². The molecule has 5 heteroatoms. The minimum absolute atomic E-state index is 0.211. The van der Waals surface area contributed by atoms with E-state index in [0.717, 1.165) is 52.0 Å². The number of carbonyl (C=O) groups excluding carboxylic acids is 2. The van der Waals surface area contributed by atoms with Gasteiger partial charge in [0.15, 0.2) is 0 Å². The smallest absolute Gasteiger partial charge is 0.224 e. The molecule has 4 rings (SSSR count). The van der Waals surface area contributed by atoms with E-state index in [4.69, 9.17) is 0 Å². The summed E-state index contributed by atoms with van der Waals surface area (Å²) < 4.78 is 0. The topological polar surface area (TPSA) is 43.9 Å². The van der Waals surface area contributed by atoms with Crippen molar-refractivity contribution in [2.24, 2.45) is 5.41 Å². The Kier molecular flexibility index (Phi) is 5.72. The van der Waals surface area contributed by atoms with Crippen molar-refractivity contribution in [2.45, 2.75) is 44.4 Å². The van der Waals surface area contributed by atoms with Crippen molar-refractivity contribution in [3.8, 4) is 0 Å². The average molecular weight is 384 g/mol. The van der Waals surface area contributed by atoms with Crippen LogP contribution in [0.1, 0.15) is 50.0 Å². The molecule has 5 nitrogen and oxygen atoms in total. The highest BCUT2D eigenvalue weighted by atomic mass is 16.2. The molecule has 3 fully saturated rings. The maximum Gasteiger partial charge on any atom is 0.224 e. The first kappa shape index (κ1) is 19.4. The number of nitrogens with zero attached hydrogens (tertiary/aromatic N) is 3. The van der Waals surface area contributed by atoms with Gasteiger partial charge in [0.1, 0.15) is 0 Å². The molecule has 1 aromatic rings. The lowest BCUT2D eigenvalue weighted by atomic mass is 9.68. The minimum atomic E-state index is 0.211. The third kappa shape index (κ3) is 4.24. The van der Waals surface area contributed by atoms with Gasteiger partial charge in [0.25, 0.3) is 0 Å². The van der Waals surface area contributed by atoms with Crippen LogP contribution in [0.5, 0.6) is 0 Å². The molecule has 0 aliphatic carbocycles. The molecular weight excluding hydrogens is 350 g/mol. The van der Waals surface area contributed by atoms with Crippen LogP contribution in [0, 0.1) is 5.41 Å². The van der Waals surface area contributed by atoms with Crippen LogP contribution in [-0.4, -0.2) is 72.8 Å². The normalized spacial score (nSPS) is 25.5. The molecule has 0 bridgehead atoms. The summed E-state index contributed by atoms with van der Waals surface area (Å²) in [6, 6.07) is 10.9. The van der Waals surface area contributed by atoms with Gasteiger partial charge < -0.3 is 14.7 Å². The third-order valence-corrected chi connectivity index (χ3v) is 7.03. The van der Waals surface area contributed by atoms with Crippen molar-refractivity contribution in [3.63, 3.8) is 0 Å². The maximum atomic E-state index is 12.7. The second kappa shape index (κ2) is 8.24. The molecule has 3 aliphatic rings. The van der Waals surface area contributed by atoms with E-state index in [1.165, 1.54) is 12.0 Å². The summed E-state index contributed by atoms with van der Waals surface area (Å²) in [5.74, 6) is 1.02. The molecule has 0 radical (unpaired) electrons. The summed E-state index contributed by atoms with van der Waals surface area (Å²) in [4.78, 5) is 30.8. The Balaban J connectivity index is 1.32. The molecule has 1 atom stereocenters. The van der Waals surface area contributed by atoms with E-state index in [-0.39, 0.29) is 11.8 Å². The number of benzene rings is 1. The van der Waals surface area contributed by atoms with Gasteiger partial charge in [-0.15, -0.1) is 0 Å². The molecule has 3 saturated heterocycles. The summed E-state index contributed by atoms with van der Waals surface area (Å²) in [5, 5.41) is 0. The molecule has 1 aromatic carbocycles. The van der Waals surface area contributed by atoms with E-state index in [2.05, 4.69) is 42.3 Å². The second-order valence-electron chi connectivity index (χ2n) is 9.12. The van der Waals surface area contributed by atoms with E-state index >= 15 is 0 Å². The van der Waals surface area contributed by atoms with Crippen LogP contribution < -0.4 is 0 Å². The largest absolute Gasteiger partial charge is 0.343 e. The molecule has 0 saturated carbocycles.